The zero-order valence-electron chi connectivity index (χ0n) is 49.0. The fourth-order valence-corrected chi connectivity index (χ4v) is 10.0. The molecule has 0 aromatic carbocycles. The van der Waals surface area contributed by atoms with Crippen LogP contribution in [-0.2, 0) is 32.7 Å². The van der Waals surface area contributed by atoms with Crippen molar-refractivity contribution in [2.45, 2.75) is 315 Å². The molecule has 9 nitrogen and oxygen atoms in total. The third-order valence-electron chi connectivity index (χ3n) is 13.9. The van der Waals surface area contributed by atoms with Gasteiger partial charge in [0.05, 0.1) is 13.2 Å². The second-order valence-electron chi connectivity index (χ2n) is 21.3. The summed E-state index contributed by atoms with van der Waals surface area (Å²) in [4.78, 5) is 35.1. The average molecular weight is 1070 g/mol. The molecule has 0 aliphatic rings. The normalized spacial score (nSPS) is 13.4. The van der Waals surface area contributed by atoms with Gasteiger partial charge < -0.3 is 20.1 Å². The fourth-order valence-electron chi connectivity index (χ4n) is 9.25. The molecule has 0 heterocycles. The molecule has 0 saturated carbocycles. The summed E-state index contributed by atoms with van der Waals surface area (Å²) in [6.07, 6.45) is 77.5. The monoisotopic (exact) mass is 1070 g/mol. The molecule has 0 fully saturated rings. The molecule has 0 saturated heterocycles. The van der Waals surface area contributed by atoms with Crippen LogP contribution in [0.4, 0.5) is 0 Å². The predicted molar refractivity (Wildman–Crippen MR) is 321 cm³/mol. The molecule has 0 amide bonds. The first-order chi connectivity index (χ1) is 36.8. The van der Waals surface area contributed by atoms with Crippen molar-refractivity contribution in [3.63, 3.8) is 0 Å². The molecule has 0 aromatic heterocycles. The Balaban J connectivity index is 3.72. The Kier molecular flexibility index (Phi) is 59.1. The Morgan fingerprint density at radius 2 is 0.733 bits per heavy atom. The summed E-state index contributed by atoms with van der Waals surface area (Å²) >= 11 is 0. The minimum atomic E-state index is -4.38. The van der Waals surface area contributed by atoms with Crippen molar-refractivity contribution in [2.24, 2.45) is 5.73 Å². The lowest BCUT2D eigenvalue weighted by molar-refractivity contribution is -0.161. The van der Waals surface area contributed by atoms with Crippen LogP contribution in [0.5, 0.6) is 0 Å². The van der Waals surface area contributed by atoms with Crippen LogP contribution in [-0.4, -0.2) is 49.3 Å². The van der Waals surface area contributed by atoms with Gasteiger partial charge in [-0.2, -0.15) is 0 Å². The molecule has 75 heavy (non-hydrogen) atoms. The highest BCUT2D eigenvalue weighted by Gasteiger charge is 2.26. The highest BCUT2D eigenvalue weighted by molar-refractivity contribution is 7.47. The van der Waals surface area contributed by atoms with E-state index in [-0.39, 0.29) is 38.6 Å². The van der Waals surface area contributed by atoms with Crippen molar-refractivity contribution < 1.29 is 37.6 Å². The van der Waals surface area contributed by atoms with Crippen molar-refractivity contribution in [3.8, 4) is 0 Å². The number of hydrogen-bond donors (Lipinski definition) is 2. The van der Waals surface area contributed by atoms with E-state index < -0.39 is 26.5 Å². The van der Waals surface area contributed by atoms with Crippen molar-refractivity contribution in [3.05, 3.63) is 60.8 Å². The Morgan fingerprint density at radius 3 is 1.09 bits per heavy atom. The second kappa shape index (κ2) is 60.9. The van der Waals surface area contributed by atoms with Gasteiger partial charge in [-0.15, -0.1) is 0 Å². The molecule has 2 unspecified atom stereocenters. The van der Waals surface area contributed by atoms with Gasteiger partial charge in [-0.1, -0.05) is 299 Å². The SMILES string of the molecule is CC/C=C\C/C=C\C/C=C\C/C=C\C/C=C\CCCCCCCCCCCCCCCCCCCCCCCCCCCC(=O)OC(COC(=O)CCCCCCCCCCCCCCC)COP(=O)(O)OCCN. The maximum absolute atomic E-state index is 12.7. The molecule has 438 valence electrons. The van der Waals surface area contributed by atoms with Gasteiger partial charge in [0.1, 0.15) is 6.61 Å². The van der Waals surface area contributed by atoms with Gasteiger partial charge in [-0.25, -0.2) is 4.57 Å². The number of allylic oxidation sites excluding steroid dienone is 10. The molecule has 0 rings (SSSR count). The van der Waals surface area contributed by atoms with Crippen molar-refractivity contribution >= 4 is 19.8 Å². The topological polar surface area (TPSA) is 134 Å². The molecule has 0 spiro atoms. The molecule has 10 heteroatoms. The summed E-state index contributed by atoms with van der Waals surface area (Å²) in [5.41, 5.74) is 5.38. The predicted octanol–water partition coefficient (Wildman–Crippen LogP) is 20.3. The first-order valence-corrected chi connectivity index (χ1v) is 33.3. The number of phosphoric ester groups is 1. The summed E-state index contributed by atoms with van der Waals surface area (Å²) < 4.78 is 33.0. The van der Waals surface area contributed by atoms with E-state index in [9.17, 15) is 19.0 Å². The van der Waals surface area contributed by atoms with Gasteiger partial charge in [0, 0.05) is 19.4 Å². The highest BCUT2D eigenvalue weighted by atomic mass is 31.2. The van der Waals surface area contributed by atoms with Crippen LogP contribution in [0.25, 0.3) is 0 Å². The third-order valence-corrected chi connectivity index (χ3v) is 14.9. The highest BCUT2D eigenvalue weighted by Crippen LogP contribution is 2.43. The van der Waals surface area contributed by atoms with Crippen LogP contribution in [0.2, 0.25) is 0 Å². The summed E-state index contributed by atoms with van der Waals surface area (Å²) in [5, 5.41) is 0. The number of phosphoric acid groups is 1. The van der Waals surface area contributed by atoms with Gasteiger partial charge in [0.2, 0.25) is 0 Å². The van der Waals surface area contributed by atoms with E-state index in [0.717, 1.165) is 64.2 Å². The van der Waals surface area contributed by atoms with Crippen LogP contribution in [0.15, 0.2) is 60.8 Å². The van der Waals surface area contributed by atoms with E-state index in [4.69, 9.17) is 24.3 Å². The molecule has 0 aliphatic heterocycles. The van der Waals surface area contributed by atoms with E-state index >= 15 is 0 Å². The van der Waals surface area contributed by atoms with E-state index in [1.807, 2.05) is 0 Å². The lowest BCUT2D eigenvalue weighted by Crippen LogP contribution is -2.29. The molecule has 0 radical (unpaired) electrons. The average Bonchev–Trinajstić information content (AvgIpc) is 3.40. The largest absolute Gasteiger partial charge is 0.472 e. The number of hydrogen-bond acceptors (Lipinski definition) is 8. The molecule has 0 aromatic rings. The first kappa shape index (κ1) is 72.7. The number of carbonyl (C=O) groups excluding carboxylic acids is 2. The summed E-state index contributed by atoms with van der Waals surface area (Å²) in [6.45, 7) is 3.67. The standard InChI is InChI=1S/C65H120NO8P/c1-3-5-7-9-11-13-15-17-18-19-20-21-22-23-24-25-26-27-28-29-30-31-32-33-34-35-36-37-38-39-40-41-42-43-44-46-48-50-52-54-56-58-65(68)74-63(62-73-75(69,70)72-60-59-66)61-71-64(67)57-55-53-51-49-47-45-16-14-12-10-8-6-4-2/h5,7,11,13,17-18,20-21,23-24,63H,3-4,6,8-10,12,14-16,19,22,25-62,66H2,1-2H3,(H,69,70)/b7-5-,13-11-,18-17-,21-20-,24-23-. The molecule has 0 aliphatic carbocycles. The lowest BCUT2D eigenvalue weighted by Gasteiger charge is -2.19. The van der Waals surface area contributed by atoms with E-state index in [1.165, 1.54) is 212 Å². The van der Waals surface area contributed by atoms with Crippen LogP contribution in [0.1, 0.15) is 309 Å². The molecule has 0 bridgehead atoms. The maximum atomic E-state index is 12.7. The summed E-state index contributed by atoms with van der Waals surface area (Å²) in [5.74, 6) is -0.811. The van der Waals surface area contributed by atoms with Gasteiger partial charge >= 0.3 is 19.8 Å². The number of esters is 2. The van der Waals surface area contributed by atoms with Crippen molar-refractivity contribution in [1.82, 2.24) is 0 Å². The number of nitrogens with two attached hydrogens (primary N) is 1. The molecular weight excluding hydrogens is 954 g/mol. The van der Waals surface area contributed by atoms with Gasteiger partial charge in [-0.3, -0.25) is 18.6 Å². The minimum Gasteiger partial charge on any atom is -0.462 e. The van der Waals surface area contributed by atoms with Gasteiger partial charge in [0.25, 0.3) is 0 Å². The van der Waals surface area contributed by atoms with Gasteiger partial charge in [0.15, 0.2) is 6.10 Å². The zero-order chi connectivity index (χ0) is 54.5. The lowest BCUT2D eigenvalue weighted by atomic mass is 10.0. The van der Waals surface area contributed by atoms with Crippen LogP contribution in [0, 0.1) is 0 Å². The van der Waals surface area contributed by atoms with Crippen LogP contribution in [0.3, 0.4) is 0 Å². The smallest absolute Gasteiger partial charge is 0.462 e. The summed E-state index contributed by atoms with van der Waals surface area (Å²) in [7, 11) is -4.38. The Bertz CT molecular complexity index is 1410. The summed E-state index contributed by atoms with van der Waals surface area (Å²) in [6, 6.07) is 0. The molecular formula is C65H120NO8P. The second-order valence-corrected chi connectivity index (χ2v) is 22.7. The van der Waals surface area contributed by atoms with Crippen molar-refractivity contribution in [2.75, 3.05) is 26.4 Å². The minimum absolute atomic E-state index is 0.0558. The van der Waals surface area contributed by atoms with Crippen molar-refractivity contribution in [1.29, 1.82) is 0 Å². The van der Waals surface area contributed by atoms with E-state index in [1.54, 1.807) is 0 Å². The zero-order valence-corrected chi connectivity index (χ0v) is 49.9. The number of carbonyl (C=O) groups is 2. The van der Waals surface area contributed by atoms with Gasteiger partial charge in [-0.05, 0) is 57.8 Å². The number of rotatable bonds is 60. The Morgan fingerprint density at radius 1 is 0.413 bits per heavy atom. The Labute approximate surface area is 463 Å². The maximum Gasteiger partial charge on any atom is 0.472 e. The third kappa shape index (κ3) is 60.8. The van der Waals surface area contributed by atoms with Crippen LogP contribution >= 0.6 is 7.82 Å². The number of unbranched alkanes of at least 4 members (excludes halogenated alkanes) is 37. The quantitative estimate of drug-likeness (QED) is 0.0264. The van der Waals surface area contributed by atoms with E-state index in [0.29, 0.717) is 6.42 Å². The molecule has 2 atom stereocenters. The number of ether oxygens (including phenoxy) is 2. The molecule has 3 N–H and O–H groups in total. The van der Waals surface area contributed by atoms with E-state index in [2.05, 4.69) is 74.6 Å². The Hall–Kier alpha value is -2.29. The van der Waals surface area contributed by atoms with Crippen LogP contribution < -0.4 is 5.73 Å². The fraction of sp³-hybridized carbons (Fsp3) is 0.815. The first-order valence-electron chi connectivity index (χ1n) is 31.8.